The summed E-state index contributed by atoms with van der Waals surface area (Å²) < 4.78 is 0. The van der Waals surface area contributed by atoms with Gasteiger partial charge < -0.3 is 4.90 Å². The van der Waals surface area contributed by atoms with E-state index in [1.807, 2.05) is 0 Å². The highest BCUT2D eigenvalue weighted by atomic mass is 15.2. The van der Waals surface area contributed by atoms with Crippen LogP contribution in [-0.4, -0.2) is 7.05 Å². The van der Waals surface area contributed by atoms with Crippen molar-refractivity contribution >= 4 is 5.69 Å². The number of rotatable bonds is 2. The maximum absolute atomic E-state index is 2.31. The van der Waals surface area contributed by atoms with Crippen molar-refractivity contribution in [1.29, 1.82) is 0 Å². The fraction of sp³-hybridized carbons (Fsp3) is 0.412. The van der Waals surface area contributed by atoms with E-state index >= 15 is 0 Å². The number of fused-ring (bicyclic) bond motifs is 1. The topological polar surface area (TPSA) is 3.24 Å². The van der Waals surface area contributed by atoms with Crippen LogP contribution < -0.4 is 4.90 Å². The summed E-state index contributed by atoms with van der Waals surface area (Å²) in [4.78, 5) is 2.31. The largest absolute Gasteiger partial charge is 0.347 e. The zero-order chi connectivity index (χ0) is 13.3. The molecule has 0 spiro atoms. The van der Waals surface area contributed by atoms with Crippen LogP contribution in [0.4, 0.5) is 5.69 Å². The summed E-state index contributed by atoms with van der Waals surface area (Å²) in [6, 6.07) is 8.67. The van der Waals surface area contributed by atoms with Crippen molar-refractivity contribution in [1.82, 2.24) is 0 Å². The summed E-state index contributed by atoms with van der Waals surface area (Å²) in [6.45, 7) is 9.00. The van der Waals surface area contributed by atoms with E-state index in [4.69, 9.17) is 0 Å². The van der Waals surface area contributed by atoms with E-state index in [0.717, 1.165) is 0 Å². The van der Waals surface area contributed by atoms with Gasteiger partial charge in [-0.3, -0.25) is 0 Å². The van der Waals surface area contributed by atoms with Crippen LogP contribution in [0.25, 0.3) is 0 Å². The Hall–Kier alpha value is -1.50. The second-order valence-corrected chi connectivity index (χ2v) is 5.88. The average Bonchev–Trinajstić information content (AvgIpc) is 2.50. The minimum atomic E-state index is 0.0899. The van der Waals surface area contributed by atoms with E-state index in [1.54, 1.807) is 0 Å². The second-order valence-electron chi connectivity index (χ2n) is 5.88. The summed E-state index contributed by atoms with van der Waals surface area (Å²) in [7, 11) is 2.16. The number of likely N-dealkylation sites (N-methyl/N-ethyl adjacent to an activating group) is 1. The molecular formula is C17H23N. The fourth-order valence-corrected chi connectivity index (χ4v) is 2.67. The Labute approximate surface area is 111 Å². The van der Waals surface area contributed by atoms with Gasteiger partial charge in [0.05, 0.1) is 0 Å². The van der Waals surface area contributed by atoms with Crippen molar-refractivity contribution in [2.45, 2.75) is 33.1 Å². The Bertz CT molecular complexity index is 492. The molecule has 0 saturated carbocycles. The molecule has 0 unspecified atom stereocenters. The van der Waals surface area contributed by atoms with E-state index in [0.29, 0.717) is 5.92 Å². The van der Waals surface area contributed by atoms with Crippen molar-refractivity contribution < 1.29 is 0 Å². The smallest absolute Gasteiger partial charge is 0.0447 e. The Morgan fingerprint density at radius 2 is 1.83 bits per heavy atom. The van der Waals surface area contributed by atoms with Gasteiger partial charge in [-0.05, 0) is 23.6 Å². The number of para-hydroxylation sites is 1. The molecule has 2 rings (SSSR count). The molecule has 18 heavy (non-hydrogen) atoms. The minimum Gasteiger partial charge on any atom is -0.347 e. The van der Waals surface area contributed by atoms with E-state index in [9.17, 15) is 0 Å². The molecule has 1 heteroatoms. The molecule has 0 amide bonds. The highest BCUT2D eigenvalue weighted by Gasteiger charge is 2.37. The van der Waals surface area contributed by atoms with Crippen LogP contribution in [0, 0.1) is 5.92 Å². The molecule has 0 radical (unpaired) electrons. The normalized spacial score (nSPS) is 20.1. The molecule has 0 saturated heterocycles. The molecule has 0 fully saturated rings. The third kappa shape index (κ3) is 2.10. The summed E-state index contributed by atoms with van der Waals surface area (Å²) in [6.07, 6.45) is 6.67. The van der Waals surface area contributed by atoms with Gasteiger partial charge in [-0.1, -0.05) is 58.0 Å². The Kier molecular flexibility index (Phi) is 3.34. The standard InChI is InChI=1S/C17H23N/c1-13(2)9-8-12-16-17(3,4)14-10-6-7-11-15(14)18(16)5/h6-13H,1-5H3/b9-8+,16-12+. The maximum atomic E-state index is 2.31. The lowest BCUT2D eigenvalue weighted by molar-refractivity contribution is 0.640. The van der Waals surface area contributed by atoms with E-state index in [2.05, 4.69) is 82.1 Å². The molecule has 1 heterocycles. The predicted molar refractivity (Wildman–Crippen MR) is 79.9 cm³/mol. The van der Waals surface area contributed by atoms with Gasteiger partial charge >= 0.3 is 0 Å². The molecule has 0 N–H and O–H groups in total. The van der Waals surface area contributed by atoms with E-state index in [-0.39, 0.29) is 5.41 Å². The molecule has 1 nitrogen and oxygen atoms in total. The maximum Gasteiger partial charge on any atom is 0.0447 e. The number of hydrogen-bond donors (Lipinski definition) is 0. The molecule has 0 aromatic heterocycles. The van der Waals surface area contributed by atoms with Crippen LogP contribution >= 0.6 is 0 Å². The van der Waals surface area contributed by atoms with Gasteiger partial charge in [-0.2, -0.15) is 0 Å². The lowest BCUT2D eigenvalue weighted by Crippen LogP contribution is -2.22. The average molecular weight is 241 g/mol. The first-order chi connectivity index (χ1) is 8.44. The first-order valence-electron chi connectivity index (χ1n) is 6.67. The summed E-state index contributed by atoms with van der Waals surface area (Å²) in [5, 5.41) is 0. The Morgan fingerprint density at radius 1 is 1.17 bits per heavy atom. The zero-order valence-electron chi connectivity index (χ0n) is 12.1. The van der Waals surface area contributed by atoms with Gasteiger partial charge in [0.1, 0.15) is 0 Å². The predicted octanol–water partition coefficient (Wildman–Crippen LogP) is 4.51. The van der Waals surface area contributed by atoms with E-state index in [1.165, 1.54) is 16.9 Å². The third-order valence-corrected chi connectivity index (χ3v) is 3.69. The lowest BCUT2D eigenvalue weighted by Gasteiger charge is -2.23. The number of hydrogen-bond acceptors (Lipinski definition) is 1. The number of nitrogens with zero attached hydrogens (tertiary/aromatic N) is 1. The molecule has 0 bridgehead atoms. The summed E-state index contributed by atoms with van der Waals surface area (Å²) in [5.74, 6) is 0.596. The van der Waals surface area contributed by atoms with Crippen LogP contribution in [0.1, 0.15) is 33.3 Å². The van der Waals surface area contributed by atoms with Gasteiger partial charge in [0.15, 0.2) is 0 Å². The molecule has 0 aliphatic carbocycles. The van der Waals surface area contributed by atoms with Gasteiger partial charge in [0.25, 0.3) is 0 Å². The van der Waals surface area contributed by atoms with Crippen LogP contribution in [0.2, 0.25) is 0 Å². The van der Waals surface area contributed by atoms with Crippen LogP contribution in [0.5, 0.6) is 0 Å². The molecule has 0 atom stereocenters. The van der Waals surface area contributed by atoms with Gasteiger partial charge in [-0.25, -0.2) is 0 Å². The molecule has 1 aromatic carbocycles. The SMILES string of the molecule is CC(C)/C=C/C=C1/N(C)c2ccccc2C1(C)C. The second kappa shape index (κ2) is 4.64. The molecule has 1 aromatic rings. The zero-order valence-corrected chi connectivity index (χ0v) is 12.1. The first kappa shape index (κ1) is 12.9. The monoisotopic (exact) mass is 241 g/mol. The quantitative estimate of drug-likeness (QED) is 0.736. The molecule has 96 valence electrons. The van der Waals surface area contributed by atoms with Crippen molar-refractivity contribution in [2.24, 2.45) is 5.92 Å². The van der Waals surface area contributed by atoms with Crippen LogP contribution in [0.3, 0.4) is 0 Å². The van der Waals surface area contributed by atoms with E-state index < -0.39 is 0 Å². The van der Waals surface area contributed by atoms with Gasteiger partial charge in [0.2, 0.25) is 0 Å². The van der Waals surface area contributed by atoms with Crippen molar-refractivity contribution in [3.63, 3.8) is 0 Å². The Balaban J connectivity index is 2.41. The lowest BCUT2D eigenvalue weighted by atomic mass is 9.84. The third-order valence-electron chi connectivity index (χ3n) is 3.69. The van der Waals surface area contributed by atoms with Gasteiger partial charge in [-0.15, -0.1) is 0 Å². The number of anilines is 1. The molecule has 1 aliphatic heterocycles. The van der Waals surface area contributed by atoms with Crippen molar-refractivity contribution in [3.05, 3.63) is 53.8 Å². The summed E-state index contributed by atoms with van der Waals surface area (Å²) in [5.41, 5.74) is 4.19. The Morgan fingerprint density at radius 3 is 2.44 bits per heavy atom. The first-order valence-corrected chi connectivity index (χ1v) is 6.67. The van der Waals surface area contributed by atoms with Crippen molar-refractivity contribution in [2.75, 3.05) is 11.9 Å². The highest BCUT2D eigenvalue weighted by Crippen LogP contribution is 2.46. The van der Waals surface area contributed by atoms with Crippen LogP contribution in [-0.2, 0) is 5.41 Å². The molecule has 1 aliphatic rings. The number of benzene rings is 1. The molecular weight excluding hydrogens is 218 g/mol. The minimum absolute atomic E-state index is 0.0899. The number of allylic oxidation sites excluding steroid dienone is 4. The summed E-state index contributed by atoms with van der Waals surface area (Å²) >= 11 is 0. The van der Waals surface area contributed by atoms with Gasteiger partial charge in [0, 0.05) is 23.8 Å². The van der Waals surface area contributed by atoms with Crippen molar-refractivity contribution in [3.8, 4) is 0 Å². The fourth-order valence-electron chi connectivity index (χ4n) is 2.67. The van der Waals surface area contributed by atoms with Crippen LogP contribution in [0.15, 0.2) is 48.2 Å². The highest BCUT2D eigenvalue weighted by molar-refractivity contribution is 5.70.